The van der Waals surface area contributed by atoms with Gasteiger partial charge in [-0.3, -0.25) is 0 Å². The highest BCUT2D eigenvalue weighted by Gasteiger charge is 2.40. The van der Waals surface area contributed by atoms with E-state index in [1.807, 2.05) is 0 Å². The Morgan fingerprint density at radius 3 is 2.79 bits per heavy atom. The lowest BCUT2D eigenvalue weighted by Gasteiger charge is -2.42. The van der Waals surface area contributed by atoms with E-state index in [2.05, 4.69) is 15.9 Å². The highest BCUT2D eigenvalue weighted by atomic mass is 79.9. The van der Waals surface area contributed by atoms with E-state index in [1.165, 1.54) is 0 Å². The summed E-state index contributed by atoms with van der Waals surface area (Å²) in [5.74, 6) is -0.691. The van der Waals surface area contributed by atoms with Crippen LogP contribution in [0.15, 0.2) is 0 Å². The van der Waals surface area contributed by atoms with Crippen molar-refractivity contribution in [2.45, 2.75) is 44.2 Å². The zero-order valence-electron chi connectivity index (χ0n) is 8.34. The van der Waals surface area contributed by atoms with E-state index in [0.29, 0.717) is 6.10 Å². The summed E-state index contributed by atoms with van der Waals surface area (Å²) in [5.41, 5.74) is 0. The lowest BCUT2D eigenvalue weighted by atomic mass is 10.1. The Balaban J connectivity index is 1.91. The molecule has 2 heterocycles. The predicted octanol–water partition coefficient (Wildman–Crippen LogP) is 2.43. The summed E-state index contributed by atoms with van der Waals surface area (Å²) in [6, 6.07) is 0. The van der Waals surface area contributed by atoms with Gasteiger partial charge >= 0.3 is 0 Å². The van der Waals surface area contributed by atoms with Crippen LogP contribution >= 0.6 is 15.9 Å². The molecule has 1 spiro atoms. The third-order valence-corrected chi connectivity index (χ3v) is 3.20. The maximum atomic E-state index is 5.88. The zero-order chi connectivity index (χ0) is 9.86. The van der Waals surface area contributed by atoms with E-state index < -0.39 is 5.97 Å². The number of ether oxygens (including phenoxy) is 3. The first-order valence-corrected chi connectivity index (χ1v) is 6.48. The van der Waals surface area contributed by atoms with Gasteiger partial charge in [-0.2, -0.15) is 0 Å². The number of halogens is 1. The van der Waals surface area contributed by atoms with Crippen LogP contribution in [0.3, 0.4) is 0 Å². The monoisotopic (exact) mass is 264 g/mol. The minimum Gasteiger partial charge on any atom is -0.327 e. The molecule has 82 valence electrons. The van der Waals surface area contributed by atoms with Crippen LogP contribution in [-0.4, -0.2) is 30.6 Å². The Morgan fingerprint density at radius 1 is 1.21 bits per heavy atom. The number of rotatable bonds is 2. The molecule has 0 amide bonds. The smallest absolute Gasteiger partial charge is 0.283 e. The van der Waals surface area contributed by atoms with Gasteiger partial charge in [0.2, 0.25) is 0 Å². The molecule has 0 bridgehead atoms. The van der Waals surface area contributed by atoms with Crippen LogP contribution in [0, 0.1) is 0 Å². The van der Waals surface area contributed by atoms with Crippen LogP contribution in [0.2, 0.25) is 0 Å². The third kappa shape index (κ3) is 2.48. The topological polar surface area (TPSA) is 27.7 Å². The Kier molecular flexibility index (Phi) is 3.82. The number of alkyl halides is 1. The lowest BCUT2D eigenvalue weighted by Crippen LogP contribution is -2.48. The largest absolute Gasteiger partial charge is 0.327 e. The first kappa shape index (κ1) is 10.9. The van der Waals surface area contributed by atoms with Crippen molar-refractivity contribution in [3.8, 4) is 0 Å². The Labute approximate surface area is 93.2 Å². The van der Waals surface area contributed by atoms with Crippen LogP contribution in [0.1, 0.15) is 32.1 Å². The summed E-state index contributed by atoms with van der Waals surface area (Å²) >= 11 is 3.44. The summed E-state index contributed by atoms with van der Waals surface area (Å²) in [6.07, 6.45) is 5.46. The summed E-state index contributed by atoms with van der Waals surface area (Å²) < 4.78 is 17.1. The molecule has 0 aromatic rings. The molecule has 14 heavy (non-hydrogen) atoms. The van der Waals surface area contributed by atoms with Gasteiger partial charge in [-0.15, -0.1) is 0 Å². The SMILES string of the molecule is BrCCC1CCOC2(CCCCO2)O1. The van der Waals surface area contributed by atoms with Crippen LogP contribution in [0.25, 0.3) is 0 Å². The number of hydrogen-bond donors (Lipinski definition) is 0. The minimum atomic E-state index is -0.691. The maximum absolute atomic E-state index is 5.88. The van der Waals surface area contributed by atoms with Gasteiger partial charge in [0.1, 0.15) is 0 Å². The normalized spacial score (nSPS) is 38.8. The highest BCUT2D eigenvalue weighted by molar-refractivity contribution is 9.09. The molecule has 2 rings (SSSR count). The quantitative estimate of drug-likeness (QED) is 0.718. The molecule has 0 aromatic heterocycles. The van der Waals surface area contributed by atoms with E-state index in [-0.39, 0.29) is 0 Å². The van der Waals surface area contributed by atoms with E-state index in [9.17, 15) is 0 Å². The van der Waals surface area contributed by atoms with Crippen LogP contribution in [-0.2, 0) is 14.2 Å². The van der Waals surface area contributed by atoms with Crippen LogP contribution < -0.4 is 0 Å². The summed E-state index contributed by atoms with van der Waals surface area (Å²) in [7, 11) is 0. The Morgan fingerprint density at radius 2 is 2.07 bits per heavy atom. The molecule has 2 atom stereocenters. The second-order valence-electron chi connectivity index (χ2n) is 3.84. The van der Waals surface area contributed by atoms with Gasteiger partial charge in [-0.25, -0.2) is 0 Å². The fourth-order valence-electron chi connectivity index (χ4n) is 1.97. The van der Waals surface area contributed by atoms with Crippen molar-refractivity contribution in [3.63, 3.8) is 0 Å². The molecule has 0 saturated carbocycles. The molecule has 0 aliphatic carbocycles. The van der Waals surface area contributed by atoms with E-state index in [0.717, 1.165) is 50.6 Å². The maximum Gasteiger partial charge on any atom is 0.283 e. The van der Waals surface area contributed by atoms with Gasteiger partial charge in [-0.1, -0.05) is 15.9 Å². The van der Waals surface area contributed by atoms with Crippen molar-refractivity contribution in [1.82, 2.24) is 0 Å². The molecule has 0 radical (unpaired) electrons. The lowest BCUT2D eigenvalue weighted by molar-refractivity contribution is -0.425. The van der Waals surface area contributed by atoms with Gasteiger partial charge in [0, 0.05) is 11.8 Å². The Hall–Kier alpha value is 0.360. The van der Waals surface area contributed by atoms with Crippen molar-refractivity contribution >= 4 is 15.9 Å². The highest BCUT2D eigenvalue weighted by Crippen LogP contribution is 2.33. The molecule has 2 unspecified atom stereocenters. The van der Waals surface area contributed by atoms with Crippen molar-refractivity contribution in [1.29, 1.82) is 0 Å². The van der Waals surface area contributed by atoms with Gasteiger partial charge in [0.05, 0.1) is 19.3 Å². The molecular weight excluding hydrogens is 248 g/mol. The van der Waals surface area contributed by atoms with Crippen molar-refractivity contribution in [2.75, 3.05) is 18.5 Å². The predicted molar refractivity (Wildman–Crippen MR) is 56.4 cm³/mol. The molecular formula is C10H17BrO3. The molecule has 0 N–H and O–H groups in total. The van der Waals surface area contributed by atoms with Crippen molar-refractivity contribution in [3.05, 3.63) is 0 Å². The fraction of sp³-hybridized carbons (Fsp3) is 1.00. The number of hydrogen-bond acceptors (Lipinski definition) is 3. The van der Waals surface area contributed by atoms with Gasteiger partial charge in [0.25, 0.3) is 5.97 Å². The van der Waals surface area contributed by atoms with Crippen LogP contribution in [0.5, 0.6) is 0 Å². The molecule has 3 nitrogen and oxygen atoms in total. The average Bonchev–Trinajstić information content (AvgIpc) is 2.19. The standard InChI is InChI=1S/C10H17BrO3/c11-6-3-9-4-8-13-10(14-9)5-1-2-7-12-10/h9H,1-8H2. The summed E-state index contributed by atoms with van der Waals surface area (Å²) in [4.78, 5) is 0. The van der Waals surface area contributed by atoms with E-state index >= 15 is 0 Å². The van der Waals surface area contributed by atoms with E-state index in [4.69, 9.17) is 14.2 Å². The summed E-state index contributed by atoms with van der Waals surface area (Å²) in [5, 5.41) is 0.980. The second-order valence-corrected chi connectivity index (χ2v) is 4.64. The second kappa shape index (κ2) is 4.92. The average molecular weight is 265 g/mol. The molecule has 2 fully saturated rings. The molecule has 0 aromatic carbocycles. The molecule has 4 heteroatoms. The third-order valence-electron chi connectivity index (χ3n) is 2.74. The molecule has 2 aliphatic heterocycles. The van der Waals surface area contributed by atoms with Gasteiger partial charge < -0.3 is 14.2 Å². The first-order chi connectivity index (χ1) is 6.85. The molecule has 2 saturated heterocycles. The van der Waals surface area contributed by atoms with Crippen molar-refractivity contribution in [2.24, 2.45) is 0 Å². The molecule has 2 aliphatic rings. The van der Waals surface area contributed by atoms with Crippen LogP contribution in [0.4, 0.5) is 0 Å². The summed E-state index contributed by atoms with van der Waals surface area (Å²) in [6.45, 7) is 1.53. The zero-order valence-corrected chi connectivity index (χ0v) is 9.92. The fourth-order valence-corrected chi connectivity index (χ4v) is 2.48. The minimum absolute atomic E-state index is 0.293. The van der Waals surface area contributed by atoms with Gasteiger partial charge in [-0.05, 0) is 25.7 Å². The van der Waals surface area contributed by atoms with E-state index in [1.54, 1.807) is 0 Å². The van der Waals surface area contributed by atoms with Crippen molar-refractivity contribution < 1.29 is 14.2 Å². The van der Waals surface area contributed by atoms with Gasteiger partial charge in [0.15, 0.2) is 0 Å². The first-order valence-electron chi connectivity index (χ1n) is 5.36. The Bertz CT molecular complexity index is 173.